The van der Waals surface area contributed by atoms with Crippen molar-refractivity contribution in [3.63, 3.8) is 0 Å². The minimum atomic E-state index is -0.0438. The van der Waals surface area contributed by atoms with Gasteiger partial charge < -0.3 is 5.32 Å². The minimum Gasteiger partial charge on any atom is -0.351 e. The largest absolute Gasteiger partial charge is 0.351 e. The summed E-state index contributed by atoms with van der Waals surface area (Å²) in [6.07, 6.45) is 10.7. The number of hydrogen-bond acceptors (Lipinski definition) is 2. The summed E-state index contributed by atoms with van der Waals surface area (Å²) in [5.41, 5.74) is 3.56. The highest BCUT2D eigenvalue weighted by Gasteiger charge is 2.47. The van der Waals surface area contributed by atoms with E-state index >= 15 is 0 Å². The number of carbonyl (C=O) groups excluding carboxylic acids is 1. The Morgan fingerprint density at radius 2 is 1.75 bits per heavy atom. The summed E-state index contributed by atoms with van der Waals surface area (Å²) in [5.74, 6) is 4.86. The van der Waals surface area contributed by atoms with E-state index in [-0.39, 0.29) is 5.91 Å². The van der Waals surface area contributed by atoms with Crippen LogP contribution in [0.2, 0.25) is 5.02 Å². The molecule has 2 aromatic rings. The molecule has 0 unspecified atom stereocenters. The van der Waals surface area contributed by atoms with Gasteiger partial charge in [0.2, 0.25) is 0 Å². The Morgan fingerprint density at radius 3 is 2.38 bits per heavy atom. The number of aromatic nitrogens is 2. The van der Waals surface area contributed by atoms with E-state index in [2.05, 4.69) is 12.2 Å². The lowest BCUT2D eigenvalue weighted by Gasteiger charge is -2.54. The molecule has 1 heterocycles. The van der Waals surface area contributed by atoms with Gasteiger partial charge in [0.1, 0.15) is 0 Å². The SMILES string of the molecule is CCCn1nc(C(=O)NCCCC2C3CC4CC(C3)CC2C4)c(C)c1-c1ccc(Cl)cc1. The second-order valence-electron chi connectivity index (χ2n) is 10.5. The van der Waals surface area contributed by atoms with Crippen LogP contribution in [0.15, 0.2) is 24.3 Å². The molecule has 1 aromatic heterocycles. The third-order valence-corrected chi connectivity index (χ3v) is 8.63. The van der Waals surface area contributed by atoms with Crippen molar-refractivity contribution in [2.75, 3.05) is 6.54 Å². The van der Waals surface area contributed by atoms with Gasteiger partial charge in [0.05, 0.1) is 5.69 Å². The van der Waals surface area contributed by atoms with E-state index in [0.717, 1.165) is 72.3 Å². The molecule has 4 saturated carbocycles. The van der Waals surface area contributed by atoms with Gasteiger partial charge in [-0.15, -0.1) is 0 Å². The van der Waals surface area contributed by atoms with Gasteiger partial charge in [0, 0.05) is 29.2 Å². The number of carbonyl (C=O) groups is 1. The Morgan fingerprint density at radius 1 is 1.09 bits per heavy atom. The predicted molar refractivity (Wildman–Crippen MR) is 130 cm³/mol. The van der Waals surface area contributed by atoms with Crippen LogP contribution in [0.5, 0.6) is 0 Å². The van der Waals surface area contributed by atoms with Crippen molar-refractivity contribution in [1.29, 1.82) is 0 Å². The van der Waals surface area contributed by atoms with Crippen LogP contribution in [0.3, 0.4) is 0 Å². The van der Waals surface area contributed by atoms with Gasteiger partial charge in [-0.2, -0.15) is 5.10 Å². The van der Waals surface area contributed by atoms with Crippen molar-refractivity contribution in [3.05, 3.63) is 40.5 Å². The molecule has 32 heavy (non-hydrogen) atoms. The Labute approximate surface area is 197 Å². The molecule has 4 bridgehead atoms. The van der Waals surface area contributed by atoms with Gasteiger partial charge in [0.25, 0.3) is 5.91 Å². The van der Waals surface area contributed by atoms with Crippen molar-refractivity contribution in [1.82, 2.24) is 15.1 Å². The van der Waals surface area contributed by atoms with Gasteiger partial charge in [-0.25, -0.2) is 0 Å². The maximum absolute atomic E-state index is 13.0. The van der Waals surface area contributed by atoms with Gasteiger partial charge in [-0.3, -0.25) is 9.48 Å². The van der Waals surface area contributed by atoms with Gasteiger partial charge in [-0.05, 0) is 100 Å². The van der Waals surface area contributed by atoms with E-state index < -0.39 is 0 Å². The molecule has 0 radical (unpaired) electrons. The van der Waals surface area contributed by atoms with Crippen molar-refractivity contribution in [2.24, 2.45) is 29.6 Å². The first-order valence-corrected chi connectivity index (χ1v) is 13.0. The molecule has 4 fully saturated rings. The van der Waals surface area contributed by atoms with E-state index in [0.29, 0.717) is 10.7 Å². The van der Waals surface area contributed by atoms with Crippen molar-refractivity contribution >= 4 is 17.5 Å². The standard InChI is InChI=1S/C27H36ClN3O/c1-3-11-31-26(20-6-8-23(28)9-7-20)17(2)25(30-31)27(32)29-10-4-5-24-21-13-18-12-19(15-21)16-22(24)14-18/h6-9,18-19,21-22,24H,3-5,10-16H2,1-2H3,(H,29,32). The Kier molecular flexibility index (Phi) is 6.33. The summed E-state index contributed by atoms with van der Waals surface area (Å²) >= 11 is 6.08. The number of hydrogen-bond donors (Lipinski definition) is 1. The second-order valence-corrected chi connectivity index (χ2v) is 11.0. The highest BCUT2D eigenvalue weighted by atomic mass is 35.5. The number of nitrogens with one attached hydrogen (secondary N) is 1. The number of halogens is 1. The quantitative estimate of drug-likeness (QED) is 0.463. The van der Waals surface area contributed by atoms with Crippen LogP contribution in [-0.2, 0) is 6.54 Å². The lowest BCUT2D eigenvalue weighted by atomic mass is 9.51. The molecule has 172 valence electrons. The maximum Gasteiger partial charge on any atom is 0.272 e. The molecular formula is C27H36ClN3O. The zero-order chi connectivity index (χ0) is 22.2. The number of rotatable bonds is 8. The van der Waals surface area contributed by atoms with E-state index in [1.54, 1.807) is 0 Å². The van der Waals surface area contributed by atoms with Crippen LogP contribution in [0, 0.1) is 36.5 Å². The second kappa shape index (κ2) is 9.21. The number of benzene rings is 1. The Hall–Kier alpha value is -1.81. The average Bonchev–Trinajstić information content (AvgIpc) is 3.09. The number of aryl methyl sites for hydroxylation is 1. The summed E-state index contributed by atoms with van der Waals surface area (Å²) in [6.45, 7) is 5.68. The number of nitrogens with zero attached hydrogens (tertiary/aromatic N) is 2. The Balaban J connectivity index is 1.21. The summed E-state index contributed by atoms with van der Waals surface area (Å²) in [4.78, 5) is 13.0. The monoisotopic (exact) mass is 453 g/mol. The van der Waals surface area contributed by atoms with Crippen molar-refractivity contribution in [3.8, 4) is 11.3 Å². The molecule has 1 aromatic carbocycles. The van der Waals surface area contributed by atoms with E-state index in [9.17, 15) is 4.79 Å². The van der Waals surface area contributed by atoms with Crippen LogP contribution in [0.4, 0.5) is 0 Å². The summed E-state index contributed by atoms with van der Waals surface area (Å²) < 4.78 is 1.97. The maximum atomic E-state index is 13.0. The topological polar surface area (TPSA) is 46.9 Å². The molecule has 4 nitrogen and oxygen atoms in total. The van der Waals surface area contributed by atoms with Crippen LogP contribution >= 0.6 is 11.6 Å². The first-order valence-electron chi connectivity index (χ1n) is 12.6. The zero-order valence-electron chi connectivity index (χ0n) is 19.4. The Bertz CT molecular complexity index is 936. The summed E-state index contributed by atoms with van der Waals surface area (Å²) in [7, 11) is 0. The first-order chi connectivity index (χ1) is 15.5. The molecule has 1 N–H and O–H groups in total. The van der Waals surface area contributed by atoms with E-state index in [1.165, 1.54) is 38.5 Å². The predicted octanol–water partition coefficient (Wildman–Crippen LogP) is 6.50. The molecule has 0 atom stereocenters. The normalized spacial score (nSPS) is 28.3. The lowest BCUT2D eigenvalue weighted by Crippen LogP contribution is -2.45. The van der Waals surface area contributed by atoms with Gasteiger partial charge in [-0.1, -0.05) is 30.7 Å². The molecule has 0 aliphatic heterocycles. The smallest absolute Gasteiger partial charge is 0.272 e. The van der Waals surface area contributed by atoms with Gasteiger partial charge in [0.15, 0.2) is 5.69 Å². The van der Waals surface area contributed by atoms with Gasteiger partial charge >= 0.3 is 0 Å². The van der Waals surface area contributed by atoms with Crippen LogP contribution in [0.1, 0.15) is 74.3 Å². The molecule has 6 rings (SSSR count). The van der Waals surface area contributed by atoms with Crippen LogP contribution < -0.4 is 5.32 Å². The molecule has 4 aliphatic carbocycles. The summed E-state index contributed by atoms with van der Waals surface area (Å²) in [6, 6.07) is 7.79. The van der Waals surface area contributed by atoms with Crippen molar-refractivity contribution in [2.45, 2.75) is 71.8 Å². The average molecular weight is 454 g/mol. The zero-order valence-corrected chi connectivity index (χ0v) is 20.2. The number of amides is 1. The highest BCUT2D eigenvalue weighted by molar-refractivity contribution is 6.30. The fraction of sp³-hybridized carbons (Fsp3) is 0.630. The molecule has 1 amide bonds. The van der Waals surface area contributed by atoms with Crippen LogP contribution in [-0.4, -0.2) is 22.2 Å². The molecule has 0 spiro atoms. The third kappa shape index (κ3) is 4.23. The van der Waals surface area contributed by atoms with Crippen molar-refractivity contribution < 1.29 is 4.79 Å². The van der Waals surface area contributed by atoms with E-state index in [4.69, 9.17) is 16.7 Å². The fourth-order valence-electron chi connectivity index (χ4n) is 7.25. The van der Waals surface area contributed by atoms with E-state index in [1.807, 2.05) is 35.9 Å². The molecule has 4 aliphatic rings. The van der Waals surface area contributed by atoms with Crippen LogP contribution in [0.25, 0.3) is 11.3 Å². The molecule has 0 saturated heterocycles. The fourth-order valence-corrected chi connectivity index (χ4v) is 7.37. The minimum absolute atomic E-state index is 0.0438. The highest BCUT2D eigenvalue weighted by Crippen LogP contribution is 2.57. The third-order valence-electron chi connectivity index (χ3n) is 8.38. The molecule has 5 heteroatoms. The first kappa shape index (κ1) is 22.0. The lowest BCUT2D eigenvalue weighted by molar-refractivity contribution is -0.0401. The molecular weight excluding hydrogens is 418 g/mol. The summed E-state index contributed by atoms with van der Waals surface area (Å²) in [5, 5.41) is 8.58.